The van der Waals surface area contributed by atoms with E-state index in [0.29, 0.717) is 5.92 Å². The van der Waals surface area contributed by atoms with Crippen LogP contribution in [-0.4, -0.2) is 26.5 Å². The van der Waals surface area contributed by atoms with Crippen LogP contribution in [0.1, 0.15) is 47.1 Å². The Kier molecular flexibility index (Phi) is 4.22. The first kappa shape index (κ1) is 15.5. The lowest BCUT2D eigenvalue weighted by Gasteiger charge is -2.04. The van der Waals surface area contributed by atoms with Crippen LogP contribution in [0.4, 0.5) is 13.2 Å². The molecule has 2 heterocycles. The van der Waals surface area contributed by atoms with Crippen molar-refractivity contribution in [1.82, 2.24) is 14.8 Å². The van der Waals surface area contributed by atoms with Gasteiger partial charge in [0.05, 0.1) is 17.2 Å². The monoisotopic (exact) mass is 331 g/mol. The summed E-state index contributed by atoms with van der Waals surface area (Å²) < 4.78 is 40.3. The third kappa shape index (κ3) is 3.49. The number of aryl methyl sites for hydroxylation is 1. The van der Waals surface area contributed by atoms with Gasteiger partial charge in [0, 0.05) is 29.7 Å². The molecule has 2 aromatic rings. The maximum absolute atomic E-state index is 13.0. The molecule has 0 aliphatic heterocycles. The van der Waals surface area contributed by atoms with E-state index in [1.165, 1.54) is 10.9 Å². The Balaban J connectivity index is 1.78. The Morgan fingerprint density at radius 3 is 2.77 bits per heavy atom. The fourth-order valence-electron chi connectivity index (χ4n) is 2.31. The highest BCUT2D eigenvalue weighted by atomic mass is 32.1. The minimum atomic E-state index is -4.47. The van der Waals surface area contributed by atoms with Gasteiger partial charge in [-0.15, -0.1) is 11.3 Å². The van der Waals surface area contributed by atoms with Gasteiger partial charge in [-0.2, -0.15) is 18.3 Å². The van der Waals surface area contributed by atoms with Gasteiger partial charge in [0.1, 0.15) is 0 Å². The zero-order valence-electron chi connectivity index (χ0n) is 11.8. The van der Waals surface area contributed by atoms with Crippen molar-refractivity contribution >= 4 is 11.3 Å². The van der Waals surface area contributed by atoms with Crippen LogP contribution in [0.3, 0.4) is 0 Å². The lowest BCUT2D eigenvalue weighted by atomic mass is 10.1. The first-order valence-electron chi connectivity index (χ1n) is 7.16. The van der Waals surface area contributed by atoms with Gasteiger partial charge in [-0.1, -0.05) is 0 Å². The summed E-state index contributed by atoms with van der Waals surface area (Å²) in [5.74, 6) is 0.544. The van der Waals surface area contributed by atoms with Crippen molar-refractivity contribution < 1.29 is 18.3 Å². The molecule has 1 aliphatic carbocycles. The van der Waals surface area contributed by atoms with Crippen LogP contribution < -0.4 is 0 Å². The van der Waals surface area contributed by atoms with Crippen molar-refractivity contribution in [3.05, 3.63) is 33.5 Å². The van der Waals surface area contributed by atoms with Gasteiger partial charge in [-0.05, 0) is 25.7 Å². The Labute approximate surface area is 129 Å². The normalized spacial score (nSPS) is 15.5. The van der Waals surface area contributed by atoms with Crippen LogP contribution in [0.25, 0.3) is 0 Å². The molecule has 0 unspecified atom stereocenters. The Morgan fingerprint density at radius 2 is 2.14 bits per heavy atom. The molecule has 0 saturated heterocycles. The first-order valence-corrected chi connectivity index (χ1v) is 8.04. The SMILES string of the molecule is OCCCc1cn(Cc2csc(C3CC3)n2)nc1C(F)(F)F. The smallest absolute Gasteiger partial charge is 0.396 e. The van der Waals surface area contributed by atoms with E-state index in [-0.39, 0.29) is 31.6 Å². The van der Waals surface area contributed by atoms with E-state index in [0.717, 1.165) is 23.5 Å². The number of alkyl halides is 3. The molecule has 0 aromatic carbocycles. The average Bonchev–Trinajstić information content (AvgIpc) is 3.05. The molecule has 120 valence electrons. The first-order chi connectivity index (χ1) is 10.5. The van der Waals surface area contributed by atoms with Crippen molar-refractivity contribution in [1.29, 1.82) is 0 Å². The third-order valence-corrected chi connectivity index (χ3v) is 4.59. The predicted molar refractivity (Wildman–Crippen MR) is 75.8 cm³/mol. The minimum Gasteiger partial charge on any atom is -0.396 e. The number of hydrogen-bond donors (Lipinski definition) is 1. The molecule has 1 aliphatic rings. The van der Waals surface area contributed by atoms with Gasteiger partial charge in [0.25, 0.3) is 0 Å². The molecule has 3 rings (SSSR count). The topological polar surface area (TPSA) is 50.9 Å². The van der Waals surface area contributed by atoms with Crippen molar-refractivity contribution in [2.24, 2.45) is 0 Å². The molecule has 0 bridgehead atoms. The predicted octanol–water partition coefficient (Wildman–Crippen LogP) is 3.21. The van der Waals surface area contributed by atoms with Crippen LogP contribution >= 0.6 is 11.3 Å². The quantitative estimate of drug-likeness (QED) is 0.884. The second-order valence-electron chi connectivity index (χ2n) is 5.48. The van der Waals surface area contributed by atoms with Crippen LogP contribution in [0.15, 0.2) is 11.6 Å². The number of aliphatic hydroxyl groups excluding tert-OH is 1. The van der Waals surface area contributed by atoms with E-state index < -0.39 is 11.9 Å². The minimum absolute atomic E-state index is 0.124. The number of rotatable bonds is 6. The Morgan fingerprint density at radius 1 is 1.36 bits per heavy atom. The zero-order chi connectivity index (χ0) is 15.7. The maximum atomic E-state index is 13.0. The summed E-state index contributed by atoms with van der Waals surface area (Å²) in [5, 5.41) is 15.4. The maximum Gasteiger partial charge on any atom is 0.435 e. The molecule has 1 saturated carbocycles. The molecule has 1 fully saturated rings. The van der Waals surface area contributed by atoms with E-state index in [4.69, 9.17) is 5.11 Å². The number of hydrogen-bond acceptors (Lipinski definition) is 4. The summed E-state index contributed by atoms with van der Waals surface area (Å²) in [6.45, 7) is 0.102. The Hall–Kier alpha value is -1.41. The summed E-state index contributed by atoms with van der Waals surface area (Å²) in [6, 6.07) is 0. The fraction of sp³-hybridized carbons (Fsp3) is 0.571. The third-order valence-electron chi connectivity index (χ3n) is 3.53. The van der Waals surface area contributed by atoms with E-state index in [9.17, 15) is 13.2 Å². The lowest BCUT2D eigenvalue weighted by Crippen LogP contribution is -2.10. The van der Waals surface area contributed by atoms with Gasteiger partial charge in [0.2, 0.25) is 0 Å². The highest BCUT2D eigenvalue weighted by molar-refractivity contribution is 7.09. The van der Waals surface area contributed by atoms with E-state index in [1.54, 1.807) is 11.3 Å². The second kappa shape index (κ2) is 6.00. The fourth-order valence-corrected chi connectivity index (χ4v) is 3.30. The number of aromatic nitrogens is 3. The standard InChI is InChI=1S/C14H16F3N3OS/c15-14(16,17)12-10(2-1-5-21)6-20(19-12)7-11-8-22-13(18-11)9-3-4-9/h6,8-9,21H,1-5,7H2. The summed E-state index contributed by atoms with van der Waals surface area (Å²) in [6.07, 6.45) is -0.310. The van der Waals surface area contributed by atoms with Crippen LogP contribution in [0.2, 0.25) is 0 Å². The van der Waals surface area contributed by atoms with Crippen molar-refractivity contribution in [2.75, 3.05) is 6.61 Å². The summed E-state index contributed by atoms with van der Waals surface area (Å²) in [7, 11) is 0. The molecule has 8 heteroatoms. The highest BCUT2D eigenvalue weighted by Crippen LogP contribution is 2.41. The van der Waals surface area contributed by atoms with E-state index in [1.807, 2.05) is 5.38 Å². The second-order valence-corrected chi connectivity index (χ2v) is 6.37. The number of aliphatic hydroxyl groups is 1. The van der Waals surface area contributed by atoms with Crippen molar-refractivity contribution in [3.63, 3.8) is 0 Å². The van der Waals surface area contributed by atoms with Crippen LogP contribution in [-0.2, 0) is 19.1 Å². The summed E-state index contributed by atoms with van der Waals surface area (Å²) in [5.41, 5.74) is 0.00891. The van der Waals surface area contributed by atoms with Gasteiger partial charge in [0.15, 0.2) is 5.69 Å². The summed E-state index contributed by atoms with van der Waals surface area (Å²) >= 11 is 1.56. The largest absolute Gasteiger partial charge is 0.435 e. The molecule has 0 amide bonds. The molecular formula is C14H16F3N3OS. The molecule has 0 spiro atoms. The zero-order valence-corrected chi connectivity index (χ0v) is 12.6. The number of nitrogens with zero attached hydrogens (tertiary/aromatic N) is 3. The Bertz CT molecular complexity index is 646. The van der Waals surface area contributed by atoms with E-state index in [2.05, 4.69) is 10.1 Å². The molecule has 0 radical (unpaired) electrons. The van der Waals surface area contributed by atoms with Gasteiger partial charge >= 0.3 is 6.18 Å². The van der Waals surface area contributed by atoms with Crippen LogP contribution in [0.5, 0.6) is 0 Å². The van der Waals surface area contributed by atoms with Crippen molar-refractivity contribution in [2.45, 2.75) is 44.3 Å². The molecular weight excluding hydrogens is 315 g/mol. The highest BCUT2D eigenvalue weighted by Gasteiger charge is 2.37. The molecule has 4 nitrogen and oxygen atoms in total. The average molecular weight is 331 g/mol. The number of halogens is 3. The van der Waals surface area contributed by atoms with Crippen molar-refractivity contribution in [3.8, 4) is 0 Å². The number of thiazole rings is 1. The lowest BCUT2D eigenvalue weighted by molar-refractivity contribution is -0.142. The molecule has 1 N–H and O–H groups in total. The van der Waals surface area contributed by atoms with Gasteiger partial charge in [-0.25, -0.2) is 4.98 Å². The molecule has 0 atom stereocenters. The molecule has 2 aromatic heterocycles. The van der Waals surface area contributed by atoms with Gasteiger partial charge in [-0.3, -0.25) is 4.68 Å². The van der Waals surface area contributed by atoms with Gasteiger partial charge < -0.3 is 5.11 Å². The van der Waals surface area contributed by atoms with Crippen LogP contribution in [0, 0.1) is 0 Å². The van der Waals surface area contributed by atoms with E-state index >= 15 is 0 Å². The molecule has 22 heavy (non-hydrogen) atoms. The summed E-state index contributed by atoms with van der Waals surface area (Å²) in [4.78, 5) is 4.47.